The minimum atomic E-state index is -0.706. The van der Waals surface area contributed by atoms with Gasteiger partial charge in [0, 0.05) is 19.5 Å². The zero-order valence-electron chi connectivity index (χ0n) is 11.1. The van der Waals surface area contributed by atoms with E-state index in [0.29, 0.717) is 0 Å². The molecule has 1 aliphatic rings. The third-order valence-corrected chi connectivity index (χ3v) is 3.45. The van der Waals surface area contributed by atoms with Gasteiger partial charge in [0.2, 0.25) is 0 Å². The second-order valence-corrected chi connectivity index (χ2v) is 4.97. The fraction of sp³-hybridized carbons (Fsp3) is 0.533. The Kier molecular flexibility index (Phi) is 5.21. The third kappa shape index (κ3) is 4.91. The summed E-state index contributed by atoms with van der Waals surface area (Å²) in [6.45, 7) is 2.87. The molecule has 0 amide bonds. The summed E-state index contributed by atoms with van der Waals surface area (Å²) in [7, 11) is 0. The SMILES string of the molecule is O=C(O)CCCN1CCC(Oc2ccccc2)CC1. The van der Waals surface area contributed by atoms with Gasteiger partial charge in [-0.25, -0.2) is 0 Å². The Hall–Kier alpha value is -1.55. The summed E-state index contributed by atoms with van der Waals surface area (Å²) in [5.74, 6) is 0.231. The predicted octanol–water partition coefficient (Wildman–Crippen LogP) is 2.39. The summed E-state index contributed by atoms with van der Waals surface area (Å²) < 4.78 is 5.93. The smallest absolute Gasteiger partial charge is 0.303 e. The third-order valence-electron chi connectivity index (χ3n) is 3.45. The number of ether oxygens (including phenoxy) is 1. The van der Waals surface area contributed by atoms with Crippen LogP contribution < -0.4 is 4.74 Å². The molecule has 4 nitrogen and oxygen atoms in total. The Balaban J connectivity index is 1.66. The zero-order chi connectivity index (χ0) is 13.5. The molecule has 0 aliphatic carbocycles. The number of aliphatic carboxylic acids is 1. The highest BCUT2D eigenvalue weighted by Crippen LogP contribution is 2.18. The molecule has 1 aromatic carbocycles. The van der Waals surface area contributed by atoms with Gasteiger partial charge in [0.15, 0.2) is 0 Å². The van der Waals surface area contributed by atoms with Gasteiger partial charge in [-0.3, -0.25) is 4.79 Å². The standard InChI is InChI=1S/C15H21NO3/c17-15(18)7-4-10-16-11-8-14(9-12-16)19-13-5-2-1-3-6-13/h1-3,5-6,14H,4,7-12H2,(H,17,18). The van der Waals surface area contributed by atoms with E-state index in [1.54, 1.807) is 0 Å². The molecule has 1 saturated heterocycles. The van der Waals surface area contributed by atoms with Gasteiger partial charge in [-0.15, -0.1) is 0 Å². The Labute approximate surface area is 114 Å². The van der Waals surface area contributed by atoms with Crippen molar-refractivity contribution in [3.63, 3.8) is 0 Å². The molecule has 4 heteroatoms. The molecule has 1 aliphatic heterocycles. The van der Waals surface area contributed by atoms with Crippen LogP contribution in [0.5, 0.6) is 5.75 Å². The van der Waals surface area contributed by atoms with E-state index in [4.69, 9.17) is 9.84 Å². The van der Waals surface area contributed by atoms with Gasteiger partial charge >= 0.3 is 5.97 Å². The highest BCUT2D eigenvalue weighted by Gasteiger charge is 2.20. The van der Waals surface area contributed by atoms with E-state index in [-0.39, 0.29) is 12.5 Å². The van der Waals surface area contributed by atoms with Crippen molar-refractivity contribution in [3.8, 4) is 5.75 Å². The van der Waals surface area contributed by atoms with Crippen molar-refractivity contribution in [2.45, 2.75) is 31.8 Å². The van der Waals surface area contributed by atoms with Crippen LogP contribution in [0.4, 0.5) is 0 Å². The first-order valence-electron chi connectivity index (χ1n) is 6.90. The van der Waals surface area contributed by atoms with Crippen molar-refractivity contribution in [2.24, 2.45) is 0 Å². The Morgan fingerprint density at radius 1 is 1.26 bits per heavy atom. The largest absolute Gasteiger partial charge is 0.490 e. The van der Waals surface area contributed by atoms with E-state index in [0.717, 1.165) is 44.6 Å². The van der Waals surface area contributed by atoms with Crippen molar-refractivity contribution in [1.29, 1.82) is 0 Å². The van der Waals surface area contributed by atoms with E-state index in [2.05, 4.69) is 4.90 Å². The number of piperidine rings is 1. The predicted molar refractivity (Wildman–Crippen MR) is 73.4 cm³/mol. The molecule has 19 heavy (non-hydrogen) atoms. The van der Waals surface area contributed by atoms with Gasteiger partial charge in [0.1, 0.15) is 11.9 Å². The lowest BCUT2D eigenvalue weighted by atomic mass is 10.1. The number of hydrogen-bond acceptors (Lipinski definition) is 3. The lowest BCUT2D eigenvalue weighted by Gasteiger charge is -2.32. The molecule has 0 radical (unpaired) electrons. The summed E-state index contributed by atoms with van der Waals surface area (Å²) >= 11 is 0. The molecule has 1 N–H and O–H groups in total. The van der Waals surface area contributed by atoms with Gasteiger partial charge in [-0.05, 0) is 37.9 Å². The van der Waals surface area contributed by atoms with Gasteiger partial charge in [0.05, 0.1) is 0 Å². The number of para-hydroxylation sites is 1. The van der Waals surface area contributed by atoms with Crippen LogP contribution in [-0.4, -0.2) is 41.7 Å². The molecule has 0 atom stereocenters. The van der Waals surface area contributed by atoms with Gasteiger partial charge in [0.25, 0.3) is 0 Å². The van der Waals surface area contributed by atoms with Crippen molar-refractivity contribution in [1.82, 2.24) is 4.90 Å². The van der Waals surface area contributed by atoms with Gasteiger partial charge in [-0.1, -0.05) is 18.2 Å². The highest BCUT2D eigenvalue weighted by atomic mass is 16.5. The molecular formula is C15H21NO3. The van der Waals surface area contributed by atoms with Crippen LogP contribution in [0.15, 0.2) is 30.3 Å². The van der Waals surface area contributed by atoms with Gasteiger partial charge < -0.3 is 14.7 Å². The van der Waals surface area contributed by atoms with Crippen LogP contribution in [0.3, 0.4) is 0 Å². The quantitative estimate of drug-likeness (QED) is 0.856. The molecule has 0 bridgehead atoms. The lowest BCUT2D eigenvalue weighted by molar-refractivity contribution is -0.137. The maximum Gasteiger partial charge on any atom is 0.303 e. The highest BCUT2D eigenvalue weighted by molar-refractivity contribution is 5.66. The number of hydrogen-bond donors (Lipinski definition) is 1. The lowest BCUT2D eigenvalue weighted by Crippen LogP contribution is -2.38. The molecule has 1 fully saturated rings. The van der Waals surface area contributed by atoms with E-state index in [1.807, 2.05) is 30.3 Å². The fourth-order valence-electron chi connectivity index (χ4n) is 2.40. The Morgan fingerprint density at radius 2 is 1.95 bits per heavy atom. The summed E-state index contributed by atoms with van der Waals surface area (Å²) in [6.07, 6.45) is 3.32. The Morgan fingerprint density at radius 3 is 2.58 bits per heavy atom. The molecule has 1 heterocycles. The first-order valence-corrected chi connectivity index (χ1v) is 6.90. The number of likely N-dealkylation sites (tertiary alicyclic amines) is 1. The molecule has 0 spiro atoms. The van der Waals surface area contributed by atoms with Crippen molar-refractivity contribution >= 4 is 5.97 Å². The average molecular weight is 263 g/mol. The second-order valence-electron chi connectivity index (χ2n) is 4.97. The zero-order valence-corrected chi connectivity index (χ0v) is 11.1. The molecule has 104 valence electrons. The van der Waals surface area contributed by atoms with E-state index in [1.165, 1.54) is 0 Å². The molecular weight excluding hydrogens is 242 g/mol. The van der Waals surface area contributed by atoms with Crippen molar-refractivity contribution in [3.05, 3.63) is 30.3 Å². The molecule has 0 aromatic heterocycles. The number of rotatable bonds is 6. The average Bonchev–Trinajstić information content (AvgIpc) is 2.42. The van der Waals surface area contributed by atoms with E-state index < -0.39 is 5.97 Å². The molecule has 2 rings (SSSR count). The summed E-state index contributed by atoms with van der Waals surface area (Å²) in [5, 5.41) is 8.61. The van der Waals surface area contributed by atoms with Crippen LogP contribution >= 0.6 is 0 Å². The summed E-state index contributed by atoms with van der Waals surface area (Å²) in [5.41, 5.74) is 0. The first kappa shape index (κ1) is 13.9. The normalized spacial score (nSPS) is 17.3. The number of benzene rings is 1. The second kappa shape index (κ2) is 7.14. The first-order chi connectivity index (χ1) is 9.24. The molecule has 0 saturated carbocycles. The number of carboxylic acids is 1. The van der Waals surface area contributed by atoms with Gasteiger partial charge in [-0.2, -0.15) is 0 Å². The minimum Gasteiger partial charge on any atom is -0.490 e. The van der Waals surface area contributed by atoms with Crippen LogP contribution in [0.25, 0.3) is 0 Å². The molecule has 0 unspecified atom stereocenters. The van der Waals surface area contributed by atoms with Crippen LogP contribution in [-0.2, 0) is 4.79 Å². The fourth-order valence-corrected chi connectivity index (χ4v) is 2.40. The summed E-state index contributed by atoms with van der Waals surface area (Å²) in [6, 6.07) is 9.92. The monoisotopic (exact) mass is 263 g/mol. The van der Waals surface area contributed by atoms with Crippen LogP contribution in [0, 0.1) is 0 Å². The summed E-state index contributed by atoms with van der Waals surface area (Å²) in [4.78, 5) is 12.8. The van der Waals surface area contributed by atoms with Crippen molar-refractivity contribution < 1.29 is 14.6 Å². The van der Waals surface area contributed by atoms with Crippen molar-refractivity contribution in [2.75, 3.05) is 19.6 Å². The van der Waals surface area contributed by atoms with Crippen LogP contribution in [0.1, 0.15) is 25.7 Å². The minimum absolute atomic E-state index is 0.264. The van der Waals surface area contributed by atoms with E-state index >= 15 is 0 Å². The van der Waals surface area contributed by atoms with E-state index in [9.17, 15) is 4.79 Å². The topological polar surface area (TPSA) is 49.8 Å². The number of carbonyl (C=O) groups is 1. The number of nitrogens with zero attached hydrogens (tertiary/aromatic N) is 1. The van der Waals surface area contributed by atoms with Crippen LogP contribution in [0.2, 0.25) is 0 Å². The molecule has 1 aromatic rings. The number of carboxylic acid groups (broad SMARTS) is 1. The maximum absolute atomic E-state index is 10.5. The maximum atomic E-state index is 10.5. The Bertz CT molecular complexity index is 386.